The molecule has 1 fully saturated rings. The lowest BCUT2D eigenvalue weighted by Crippen LogP contribution is -2.23. The molecule has 1 aromatic rings. The highest BCUT2D eigenvalue weighted by Gasteiger charge is 2.31. The van der Waals surface area contributed by atoms with E-state index in [1.54, 1.807) is 13.3 Å². The van der Waals surface area contributed by atoms with Crippen molar-refractivity contribution in [3.8, 4) is 5.75 Å². The molecule has 2 rings (SSSR count). The van der Waals surface area contributed by atoms with Gasteiger partial charge < -0.3 is 9.84 Å². The van der Waals surface area contributed by atoms with Crippen LogP contribution in [-0.2, 0) is 0 Å². The Kier molecular flexibility index (Phi) is 5.08. The lowest BCUT2D eigenvalue weighted by atomic mass is 9.77. The van der Waals surface area contributed by atoms with Crippen molar-refractivity contribution in [1.29, 1.82) is 0 Å². The smallest absolute Gasteiger partial charge is 0.162 e. The lowest BCUT2D eigenvalue weighted by molar-refractivity contribution is 0.0625. The zero-order valence-electron chi connectivity index (χ0n) is 13.2. The molecule has 1 aromatic heterocycles. The molecule has 1 atom stereocenters. The summed E-state index contributed by atoms with van der Waals surface area (Å²) >= 11 is 0. The summed E-state index contributed by atoms with van der Waals surface area (Å²) in [7, 11) is 1.64. The van der Waals surface area contributed by atoms with Crippen LogP contribution in [0, 0.1) is 11.8 Å². The number of nitrogens with zero attached hydrogens (tertiary/aromatic N) is 2. The lowest BCUT2D eigenvalue weighted by Gasteiger charge is -2.31. The second-order valence-corrected chi connectivity index (χ2v) is 6.27. The largest absolute Gasteiger partial charge is 0.493 e. The predicted octanol–water partition coefficient (Wildman–Crippen LogP) is 3.72. The first-order valence-corrected chi connectivity index (χ1v) is 7.87. The van der Waals surface area contributed by atoms with Crippen molar-refractivity contribution >= 4 is 0 Å². The van der Waals surface area contributed by atoms with Crippen molar-refractivity contribution in [2.24, 2.45) is 11.8 Å². The Hall–Kier alpha value is -1.03. The maximum Gasteiger partial charge on any atom is 0.162 e. The molecule has 0 spiro atoms. The Morgan fingerprint density at radius 1 is 1.35 bits per heavy atom. The summed E-state index contributed by atoms with van der Waals surface area (Å²) in [5.41, 5.74) is 0.849. The molecule has 1 N–H and O–H groups in total. The van der Waals surface area contributed by atoms with Crippen molar-refractivity contribution in [2.45, 2.75) is 65.0 Å². The second-order valence-electron chi connectivity index (χ2n) is 6.27. The Labute approximate surface area is 122 Å². The number of hydrogen-bond donors (Lipinski definition) is 1. The summed E-state index contributed by atoms with van der Waals surface area (Å²) in [5, 5.41) is 15.2. The summed E-state index contributed by atoms with van der Waals surface area (Å²) in [4.78, 5) is 0. The molecule has 1 unspecified atom stereocenters. The molecular weight excluding hydrogens is 252 g/mol. The van der Waals surface area contributed by atoms with Gasteiger partial charge in [0.2, 0.25) is 0 Å². The fourth-order valence-electron chi connectivity index (χ4n) is 3.34. The minimum atomic E-state index is -0.465. The molecule has 0 aromatic carbocycles. The zero-order valence-corrected chi connectivity index (χ0v) is 13.2. The monoisotopic (exact) mass is 280 g/mol. The third kappa shape index (κ3) is 3.00. The van der Waals surface area contributed by atoms with E-state index in [2.05, 4.69) is 25.9 Å². The molecule has 4 nitrogen and oxygen atoms in total. The molecule has 114 valence electrons. The maximum absolute atomic E-state index is 10.8. The van der Waals surface area contributed by atoms with Gasteiger partial charge in [-0.15, -0.1) is 0 Å². The van der Waals surface area contributed by atoms with Crippen LogP contribution in [0.1, 0.15) is 70.7 Å². The molecule has 1 aliphatic rings. The normalized spacial score (nSPS) is 24.9. The molecule has 0 aliphatic heterocycles. The number of rotatable bonds is 5. The highest BCUT2D eigenvalue weighted by Crippen LogP contribution is 2.40. The van der Waals surface area contributed by atoms with Gasteiger partial charge in [0.15, 0.2) is 5.75 Å². The Bertz CT molecular complexity index is 420. The molecule has 0 saturated heterocycles. The zero-order chi connectivity index (χ0) is 14.7. The van der Waals surface area contributed by atoms with E-state index in [0.717, 1.165) is 24.5 Å². The first kappa shape index (κ1) is 15.4. The molecule has 20 heavy (non-hydrogen) atoms. The molecule has 1 saturated carbocycles. The van der Waals surface area contributed by atoms with Crippen molar-refractivity contribution in [3.63, 3.8) is 0 Å². The van der Waals surface area contributed by atoms with Crippen LogP contribution in [-0.4, -0.2) is 22.0 Å². The van der Waals surface area contributed by atoms with E-state index in [-0.39, 0.29) is 6.04 Å². The Morgan fingerprint density at radius 2 is 2.00 bits per heavy atom. The van der Waals surface area contributed by atoms with Crippen LogP contribution in [0.3, 0.4) is 0 Å². The standard InChI is InChI=1S/C16H28N2O2/c1-5-12-6-8-13(9-7-12)16(19)15-14(20-4)10-17-18(15)11(2)3/h10-13,16,19H,5-9H2,1-4H3. The van der Waals surface area contributed by atoms with Crippen LogP contribution in [0.25, 0.3) is 0 Å². The number of hydrogen-bond acceptors (Lipinski definition) is 3. The van der Waals surface area contributed by atoms with Crippen molar-refractivity contribution in [3.05, 3.63) is 11.9 Å². The highest BCUT2D eigenvalue weighted by molar-refractivity contribution is 5.28. The average Bonchev–Trinajstić information content (AvgIpc) is 2.90. The first-order valence-electron chi connectivity index (χ1n) is 7.87. The van der Waals surface area contributed by atoms with Gasteiger partial charge in [0, 0.05) is 6.04 Å². The maximum atomic E-state index is 10.8. The van der Waals surface area contributed by atoms with E-state index in [1.165, 1.54) is 19.3 Å². The van der Waals surface area contributed by atoms with Crippen LogP contribution >= 0.6 is 0 Å². The van der Waals surface area contributed by atoms with E-state index >= 15 is 0 Å². The van der Waals surface area contributed by atoms with E-state index in [4.69, 9.17) is 4.74 Å². The van der Waals surface area contributed by atoms with Gasteiger partial charge in [-0.2, -0.15) is 5.10 Å². The van der Waals surface area contributed by atoms with Crippen LogP contribution in [0.2, 0.25) is 0 Å². The minimum absolute atomic E-state index is 0.232. The van der Waals surface area contributed by atoms with Gasteiger partial charge >= 0.3 is 0 Å². The van der Waals surface area contributed by atoms with Crippen LogP contribution < -0.4 is 4.74 Å². The Balaban J connectivity index is 2.16. The summed E-state index contributed by atoms with van der Waals surface area (Å²) in [5.74, 6) is 1.89. The number of aliphatic hydroxyl groups is 1. The Morgan fingerprint density at radius 3 is 2.50 bits per heavy atom. The minimum Gasteiger partial charge on any atom is -0.493 e. The SMILES string of the molecule is CCC1CCC(C(O)c2c(OC)cnn2C(C)C)CC1. The summed E-state index contributed by atoms with van der Waals surface area (Å²) in [6.07, 6.45) is 7.18. The van der Waals surface area contributed by atoms with Gasteiger partial charge in [-0.25, -0.2) is 0 Å². The average molecular weight is 280 g/mol. The topological polar surface area (TPSA) is 47.3 Å². The first-order chi connectivity index (χ1) is 9.58. The molecule has 1 heterocycles. The van der Waals surface area contributed by atoms with E-state index in [9.17, 15) is 5.11 Å². The van der Waals surface area contributed by atoms with Crippen LogP contribution in [0.5, 0.6) is 5.75 Å². The van der Waals surface area contributed by atoms with Gasteiger partial charge in [0.1, 0.15) is 11.8 Å². The van der Waals surface area contributed by atoms with Gasteiger partial charge in [-0.1, -0.05) is 26.2 Å². The van der Waals surface area contributed by atoms with Gasteiger partial charge in [0.25, 0.3) is 0 Å². The third-order valence-electron chi connectivity index (χ3n) is 4.70. The highest BCUT2D eigenvalue weighted by atomic mass is 16.5. The van der Waals surface area contributed by atoms with Gasteiger partial charge in [0.05, 0.1) is 13.3 Å². The summed E-state index contributed by atoms with van der Waals surface area (Å²) in [6.45, 7) is 6.42. The van der Waals surface area contributed by atoms with Crippen molar-refractivity contribution in [2.75, 3.05) is 7.11 Å². The second kappa shape index (κ2) is 6.61. The third-order valence-corrected chi connectivity index (χ3v) is 4.70. The quantitative estimate of drug-likeness (QED) is 0.894. The van der Waals surface area contributed by atoms with E-state index in [0.29, 0.717) is 11.7 Å². The number of ether oxygens (including phenoxy) is 1. The van der Waals surface area contributed by atoms with Gasteiger partial charge in [-0.3, -0.25) is 4.68 Å². The molecular formula is C16H28N2O2. The summed E-state index contributed by atoms with van der Waals surface area (Å²) < 4.78 is 7.29. The van der Waals surface area contributed by atoms with Crippen molar-refractivity contribution in [1.82, 2.24) is 9.78 Å². The molecule has 0 amide bonds. The fourth-order valence-corrected chi connectivity index (χ4v) is 3.34. The number of aliphatic hydroxyl groups excluding tert-OH is 1. The molecule has 4 heteroatoms. The molecule has 0 radical (unpaired) electrons. The van der Waals surface area contributed by atoms with Crippen molar-refractivity contribution < 1.29 is 9.84 Å². The molecule has 1 aliphatic carbocycles. The number of aromatic nitrogens is 2. The predicted molar refractivity (Wildman–Crippen MR) is 79.9 cm³/mol. The van der Waals surface area contributed by atoms with Gasteiger partial charge in [-0.05, 0) is 38.5 Å². The van der Waals surface area contributed by atoms with E-state index in [1.807, 2.05) is 4.68 Å². The fraction of sp³-hybridized carbons (Fsp3) is 0.812. The van der Waals surface area contributed by atoms with E-state index < -0.39 is 6.10 Å². The summed E-state index contributed by atoms with van der Waals surface area (Å²) in [6, 6.07) is 0.232. The number of methoxy groups -OCH3 is 1. The van der Waals surface area contributed by atoms with Crippen LogP contribution in [0.4, 0.5) is 0 Å². The van der Waals surface area contributed by atoms with Crippen LogP contribution in [0.15, 0.2) is 6.20 Å². The molecule has 0 bridgehead atoms.